The van der Waals surface area contributed by atoms with Crippen LogP contribution in [-0.4, -0.2) is 21.2 Å². The van der Waals surface area contributed by atoms with E-state index in [-0.39, 0.29) is 17.2 Å². The fourth-order valence-corrected chi connectivity index (χ4v) is 2.43. The summed E-state index contributed by atoms with van der Waals surface area (Å²) in [4.78, 5) is 22.6. The van der Waals surface area contributed by atoms with Crippen LogP contribution < -0.4 is 10.3 Å². The first-order valence-corrected chi connectivity index (χ1v) is 7.60. The van der Waals surface area contributed by atoms with E-state index in [1.165, 1.54) is 29.8 Å². The molecule has 0 unspecified atom stereocenters. The van der Waals surface area contributed by atoms with Gasteiger partial charge in [-0.15, -0.1) is 0 Å². The number of fused-ring (bicyclic) bond motifs is 1. The van der Waals surface area contributed by atoms with Gasteiger partial charge in [-0.1, -0.05) is 26.2 Å². The highest BCUT2D eigenvalue weighted by Crippen LogP contribution is 2.32. The van der Waals surface area contributed by atoms with Crippen LogP contribution in [0.2, 0.25) is 0 Å². The number of rotatable bonds is 7. The van der Waals surface area contributed by atoms with Crippen LogP contribution in [0.25, 0.3) is 10.9 Å². The average molecular weight is 320 g/mol. The summed E-state index contributed by atoms with van der Waals surface area (Å²) >= 11 is 0. The number of nitro benzene ring substituents is 1. The molecule has 0 atom stereocenters. The first-order chi connectivity index (χ1) is 11.0. The van der Waals surface area contributed by atoms with Crippen LogP contribution in [0, 0.1) is 10.1 Å². The van der Waals surface area contributed by atoms with Crippen molar-refractivity contribution in [2.75, 3.05) is 6.61 Å². The fourth-order valence-electron chi connectivity index (χ4n) is 2.43. The summed E-state index contributed by atoms with van der Waals surface area (Å²) in [6.07, 6.45) is 3.99. The maximum Gasteiger partial charge on any atom is 0.297 e. The lowest BCUT2D eigenvalue weighted by Crippen LogP contribution is -2.20. The summed E-state index contributed by atoms with van der Waals surface area (Å²) in [5, 5.41) is 21.5. The number of aromatic hydroxyl groups is 1. The molecule has 7 heteroatoms. The van der Waals surface area contributed by atoms with Crippen molar-refractivity contribution in [2.45, 2.75) is 32.6 Å². The number of hydrogen-bond acceptors (Lipinski definition) is 5. The normalized spacial score (nSPS) is 10.9. The Bertz CT molecular complexity index is 782. The SMILES string of the molecule is CCCCCCOc1c(O)c2ccc([N+](=O)[O-])cc2n(C)c1=O. The molecule has 0 aliphatic heterocycles. The first kappa shape index (κ1) is 16.8. The number of pyridine rings is 1. The quantitative estimate of drug-likeness (QED) is 0.480. The molecule has 0 amide bonds. The van der Waals surface area contributed by atoms with Gasteiger partial charge in [-0.3, -0.25) is 14.9 Å². The lowest BCUT2D eigenvalue weighted by atomic mass is 10.1. The van der Waals surface area contributed by atoms with Crippen LogP contribution in [0.5, 0.6) is 11.5 Å². The molecular formula is C16H20N2O5. The van der Waals surface area contributed by atoms with Crippen molar-refractivity contribution < 1.29 is 14.8 Å². The number of ether oxygens (including phenoxy) is 1. The molecule has 1 heterocycles. The Kier molecular flexibility index (Phi) is 5.20. The molecule has 0 fully saturated rings. The molecule has 2 rings (SSSR count). The van der Waals surface area contributed by atoms with E-state index < -0.39 is 10.5 Å². The van der Waals surface area contributed by atoms with Gasteiger partial charge in [0.05, 0.1) is 17.0 Å². The second kappa shape index (κ2) is 7.13. The maximum atomic E-state index is 12.3. The van der Waals surface area contributed by atoms with E-state index in [4.69, 9.17) is 4.74 Å². The minimum atomic E-state index is -0.543. The predicted molar refractivity (Wildman–Crippen MR) is 87.1 cm³/mol. The summed E-state index contributed by atoms with van der Waals surface area (Å²) in [6.45, 7) is 2.45. The minimum absolute atomic E-state index is 0.106. The van der Waals surface area contributed by atoms with Crippen LogP contribution >= 0.6 is 0 Å². The third kappa shape index (κ3) is 3.44. The molecule has 0 saturated heterocycles. The number of benzene rings is 1. The number of nitro groups is 1. The number of aromatic nitrogens is 1. The standard InChI is InChI=1S/C16H20N2O5/c1-3-4-5-6-9-23-15-14(19)12-8-7-11(18(21)22)10-13(12)17(2)16(15)20/h7-8,10,19H,3-6,9H2,1-2H3. The minimum Gasteiger partial charge on any atom is -0.504 e. The van der Waals surface area contributed by atoms with Crippen LogP contribution in [0.4, 0.5) is 5.69 Å². The molecule has 0 spiro atoms. The van der Waals surface area contributed by atoms with E-state index in [1.54, 1.807) is 0 Å². The zero-order valence-corrected chi connectivity index (χ0v) is 13.2. The van der Waals surface area contributed by atoms with Gasteiger partial charge in [0.2, 0.25) is 5.75 Å². The molecule has 0 aliphatic rings. The number of hydrogen-bond donors (Lipinski definition) is 1. The summed E-state index contributed by atoms with van der Waals surface area (Å²) in [6, 6.07) is 3.98. The van der Waals surface area contributed by atoms with E-state index in [9.17, 15) is 20.0 Å². The number of unbranched alkanes of at least 4 members (excludes halogenated alkanes) is 3. The third-order valence-electron chi connectivity index (χ3n) is 3.77. The van der Waals surface area contributed by atoms with Crippen molar-refractivity contribution in [2.24, 2.45) is 7.05 Å². The van der Waals surface area contributed by atoms with E-state index >= 15 is 0 Å². The van der Waals surface area contributed by atoms with Gasteiger partial charge >= 0.3 is 0 Å². The van der Waals surface area contributed by atoms with Crippen molar-refractivity contribution in [3.8, 4) is 11.5 Å². The monoisotopic (exact) mass is 320 g/mol. The predicted octanol–water partition coefficient (Wildman–Crippen LogP) is 3.11. The van der Waals surface area contributed by atoms with Crippen molar-refractivity contribution in [1.29, 1.82) is 0 Å². The van der Waals surface area contributed by atoms with Crippen LogP contribution in [0.3, 0.4) is 0 Å². The molecule has 0 bridgehead atoms. The van der Waals surface area contributed by atoms with Gasteiger partial charge in [0.1, 0.15) is 0 Å². The smallest absolute Gasteiger partial charge is 0.297 e. The lowest BCUT2D eigenvalue weighted by Gasteiger charge is -2.12. The number of nitrogens with zero attached hydrogens (tertiary/aromatic N) is 2. The second-order valence-electron chi connectivity index (χ2n) is 5.41. The Morgan fingerprint density at radius 2 is 2.04 bits per heavy atom. The third-order valence-corrected chi connectivity index (χ3v) is 3.77. The highest BCUT2D eigenvalue weighted by Gasteiger charge is 2.18. The van der Waals surface area contributed by atoms with Crippen molar-refractivity contribution in [3.05, 3.63) is 38.7 Å². The summed E-state index contributed by atoms with van der Waals surface area (Å²) in [7, 11) is 1.50. The summed E-state index contributed by atoms with van der Waals surface area (Å²) in [5.74, 6) is -0.376. The zero-order valence-electron chi connectivity index (χ0n) is 13.2. The Hall–Kier alpha value is -2.57. The molecule has 1 aromatic carbocycles. The molecule has 23 heavy (non-hydrogen) atoms. The van der Waals surface area contributed by atoms with Crippen molar-refractivity contribution in [1.82, 2.24) is 4.57 Å². The topological polar surface area (TPSA) is 94.6 Å². The Labute approximate surface area is 133 Å². The largest absolute Gasteiger partial charge is 0.504 e. The molecular weight excluding hydrogens is 300 g/mol. The Balaban J connectivity index is 2.38. The van der Waals surface area contributed by atoms with Crippen LogP contribution in [0.1, 0.15) is 32.6 Å². The molecule has 0 radical (unpaired) electrons. The van der Waals surface area contributed by atoms with E-state index in [0.29, 0.717) is 17.5 Å². The van der Waals surface area contributed by atoms with Gasteiger partial charge in [-0.2, -0.15) is 0 Å². The molecule has 7 nitrogen and oxygen atoms in total. The zero-order chi connectivity index (χ0) is 17.0. The highest BCUT2D eigenvalue weighted by molar-refractivity contribution is 5.89. The van der Waals surface area contributed by atoms with E-state index in [0.717, 1.165) is 25.7 Å². The highest BCUT2D eigenvalue weighted by atomic mass is 16.6. The van der Waals surface area contributed by atoms with E-state index in [2.05, 4.69) is 6.92 Å². The van der Waals surface area contributed by atoms with Crippen LogP contribution in [0.15, 0.2) is 23.0 Å². The van der Waals surface area contributed by atoms with Gasteiger partial charge in [0.15, 0.2) is 5.75 Å². The Morgan fingerprint density at radius 1 is 1.30 bits per heavy atom. The molecule has 0 saturated carbocycles. The van der Waals surface area contributed by atoms with Gasteiger partial charge in [0, 0.05) is 24.6 Å². The lowest BCUT2D eigenvalue weighted by molar-refractivity contribution is -0.384. The van der Waals surface area contributed by atoms with Gasteiger partial charge in [0.25, 0.3) is 11.2 Å². The summed E-state index contributed by atoms with van der Waals surface area (Å²) < 4.78 is 6.72. The number of aryl methyl sites for hydroxylation is 1. The molecule has 2 aromatic rings. The van der Waals surface area contributed by atoms with Crippen molar-refractivity contribution >= 4 is 16.6 Å². The molecule has 0 aliphatic carbocycles. The van der Waals surface area contributed by atoms with Gasteiger partial charge in [-0.25, -0.2) is 0 Å². The average Bonchev–Trinajstić information content (AvgIpc) is 2.54. The summed E-state index contributed by atoms with van der Waals surface area (Å²) in [5.41, 5.74) is -0.355. The van der Waals surface area contributed by atoms with E-state index in [1.807, 2.05) is 0 Å². The fraction of sp³-hybridized carbons (Fsp3) is 0.438. The molecule has 124 valence electrons. The first-order valence-electron chi connectivity index (χ1n) is 7.60. The Morgan fingerprint density at radius 3 is 2.70 bits per heavy atom. The van der Waals surface area contributed by atoms with Gasteiger partial charge < -0.3 is 14.4 Å². The van der Waals surface area contributed by atoms with Crippen LogP contribution in [-0.2, 0) is 7.05 Å². The maximum absolute atomic E-state index is 12.3. The number of non-ortho nitro benzene ring substituents is 1. The molecule has 1 N–H and O–H groups in total. The van der Waals surface area contributed by atoms with Gasteiger partial charge in [-0.05, 0) is 12.5 Å². The van der Waals surface area contributed by atoms with Crippen molar-refractivity contribution in [3.63, 3.8) is 0 Å². The molecule has 1 aromatic heterocycles. The second-order valence-corrected chi connectivity index (χ2v) is 5.41.